The molecule has 0 saturated carbocycles. The van der Waals surface area contributed by atoms with Gasteiger partial charge < -0.3 is 4.74 Å². The quantitative estimate of drug-likeness (QED) is 0.665. The van der Waals surface area contributed by atoms with Gasteiger partial charge in [0.15, 0.2) is 0 Å². The molecule has 0 spiro atoms. The number of hydrogen-bond acceptors (Lipinski definition) is 1. The molecule has 1 aromatic carbocycles. The predicted molar refractivity (Wildman–Crippen MR) is 50.5 cm³/mol. The van der Waals surface area contributed by atoms with Crippen molar-refractivity contribution in [2.24, 2.45) is 0 Å². The van der Waals surface area contributed by atoms with Crippen molar-refractivity contribution in [3.63, 3.8) is 0 Å². The molecule has 0 aliphatic heterocycles. The predicted octanol–water partition coefficient (Wildman–Crippen LogP) is 3.01. The Kier molecular flexibility index (Phi) is 3.15. The van der Waals surface area contributed by atoms with Gasteiger partial charge in [0.2, 0.25) is 0 Å². The number of methoxy groups -OCH3 is 1. The minimum atomic E-state index is 0.605. The van der Waals surface area contributed by atoms with Crippen LogP contribution in [0.25, 0.3) is 0 Å². The first-order valence-electron chi connectivity index (χ1n) is 4.33. The van der Waals surface area contributed by atoms with Gasteiger partial charge in [0, 0.05) is 6.07 Å². The normalized spacial score (nSPS) is 12.6. The van der Waals surface area contributed by atoms with E-state index in [1.54, 1.807) is 7.11 Å². The zero-order valence-corrected chi connectivity index (χ0v) is 7.92. The van der Waals surface area contributed by atoms with Crippen LogP contribution in [0, 0.1) is 6.07 Å². The molecule has 1 nitrogen and oxygen atoms in total. The minimum absolute atomic E-state index is 0.605. The van der Waals surface area contributed by atoms with Gasteiger partial charge in [0.1, 0.15) is 5.75 Å². The fourth-order valence-corrected chi connectivity index (χ4v) is 1.12. The van der Waals surface area contributed by atoms with Crippen LogP contribution in [0.1, 0.15) is 31.7 Å². The fraction of sp³-hybridized carbons (Fsp3) is 0.455. The van der Waals surface area contributed by atoms with Crippen LogP contribution in [0.3, 0.4) is 0 Å². The molecule has 0 bridgehead atoms. The summed E-state index contributed by atoms with van der Waals surface area (Å²) in [7, 11) is 1.67. The lowest BCUT2D eigenvalue weighted by Crippen LogP contribution is -1.92. The van der Waals surface area contributed by atoms with E-state index in [-0.39, 0.29) is 0 Å². The summed E-state index contributed by atoms with van der Waals surface area (Å²) in [5.74, 6) is 1.43. The summed E-state index contributed by atoms with van der Waals surface area (Å²) in [6, 6.07) is 9.08. The molecule has 1 radical (unpaired) electrons. The summed E-state index contributed by atoms with van der Waals surface area (Å²) >= 11 is 0. The lowest BCUT2D eigenvalue weighted by Gasteiger charge is -2.09. The molecule has 0 N–H and O–H groups in total. The average Bonchev–Trinajstić information content (AvgIpc) is 2.17. The molecule has 0 fully saturated rings. The molecule has 1 unspecified atom stereocenters. The van der Waals surface area contributed by atoms with E-state index in [0.29, 0.717) is 5.92 Å². The first-order chi connectivity index (χ1) is 5.77. The van der Waals surface area contributed by atoms with Crippen molar-refractivity contribution in [1.29, 1.82) is 0 Å². The van der Waals surface area contributed by atoms with Crippen LogP contribution in [0.4, 0.5) is 0 Å². The molecule has 1 rings (SSSR count). The maximum atomic E-state index is 5.09. The van der Waals surface area contributed by atoms with Crippen LogP contribution in [0.2, 0.25) is 0 Å². The maximum Gasteiger partial charge on any atom is 0.127 e. The van der Waals surface area contributed by atoms with Crippen LogP contribution >= 0.6 is 0 Å². The molecule has 0 aromatic heterocycles. The van der Waals surface area contributed by atoms with E-state index in [1.165, 1.54) is 5.56 Å². The summed E-state index contributed by atoms with van der Waals surface area (Å²) in [5.41, 5.74) is 1.33. The molecule has 1 atom stereocenters. The topological polar surface area (TPSA) is 9.23 Å². The summed E-state index contributed by atoms with van der Waals surface area (Å²) < 4.78 is 5.09. The number of hydrogen-bond donors (Lipinski definition) is 0. The first-order valence-corrected chi connectivity index (χ1v) is 4.33. The highest BCUT2D eigenvalue weighted by molar-refractivity contribution is 5.29. The Balaban J connectivity index is 2.86. The van der Waals surface area contributed by atoms with Crippen LogP contribution in [0.15, 0.2) is 18.2 Å². The molecule has 0 aliphatic carbocycles. The molecule has 1 aromatic rings. The van der Waals surface area contributed by atoms with Crippen molar-refractivity contribution in [2.45, 2.75) is 26.2 Å². The second kappa shape index (κ2) is 4.15. The van der Waals surface area contributed by atoms with Gasteiger partial charge in [0.25, 0.3) is 0 Å². The van der Waals surface area contributed by atoms with Crippen molar-refractivity contribution >= 4 is 0 Å². The summed E-state index contributed by atoms with van der Waals surface area (Å²) in [6.07, 6.45) is 1.16. The lowest BCUT2D eigenvalue weighted by molar-refractivity contribution is 0.413. The molecule has 0 saturated heterocycles. The van der Waals surface area contributed by atoms with Crippen molar-refractivity contribution < 1.29 is 4.74 Å². The summed E-state index contributed by atoms with van der Waals surface area (Å²) in [5, 5.41) is 0. The van der Waals surface area contributed by atoms with E-state index in [9.17, 15) is 0 Å². The van der Waals surface area contributed by atoms with E-state index >= 15 is 0 Å². The van der Waals surface area contributed by atoms with Gasteiger partial charge in [-0.2, -0.15) is 0 Å². The van der Waals surface area contributed by atoms with Gasteiger partial charge in [-0.15, -0.1) is 0 Å². The van der Waals surface area contributed by atoms with Gasteiger partial charge in [-0.05, 0) is 24.0 Å². The Hall–Kier alpha value is -0.980. The fourth-order valence-electron chi connectivity index (χ4n) is 1.12. The van der Waals surface area contributed by atoms with Gasteiger partial charge in [-0.3, -0.25) is 0 Å². The van der Waals surface area contributed by atoms with Crippen LogP contribution < -0.4 is 4.74 Å². The van der Waals surface area contributed by atoms with Gasteiger partial charge >= 0.3 is 0 Å². The first kappa shape index (κ1) is 9.11. The Morgan fingerprint density at radius 1 is 1.58 bits per heavy atom. The molecule has 0 amide bonds. The van der Waals surface area contributed by atoms with Gasteiger partial charge in [-0.1, -0.05) is 26.0 Å². The highest BCUT2D eigenvalue weighted by atomic mass is 16.5. The minimum Gasteiger partial charge on any atom is -0.496 e. The highest BCUT2D eigenvalue weighted by Gasteiger charge is 2.02. The summed E-state index contributed by atoms with van der Waals surface area (Å²) in [4.78, 5) is 0. The van der Waals surface area contributed by atoms with Crippen molar-refractivity contribution in [3.05, 3.63) is 29.8 Å². The molecule has 12 heavy (non-hydrogen) atoms. The second-order valence-corrected chi connectivity index (χ2v) is 3.00. The standard InChI is InChI=1S/C11H15O/c1-4-9(2)10-6-5-7-11(8-10)12-3/h5-6,8-9H,4H2,1-3H3. The van der Waals surface area contributed by atoms with Crippen LogP contribution in [0.5, 0.6) is 5.75 Å². The Morgan fingerprint density at radius 3 is 2.92 bits per heavy atom. The van der Waals surface area contributed by atoms with Crippen molar-refractivity contribution in [1.82, 2.24) is 0 Å². The largest absolute Gasteiger partial charge is 0.496 e. The van der Waals surface area contributed by atoms with Crippen molar-refractivity contribution in [2.75, 3.05) is 7.11 Å². The number of benzene rings is 1. The zero-order chi connectivity index (χ0) is 8.97. The van der Waals surface area contributed by atoms with Gasteiger partial charge in [-0.25, -0.2) is 0 Å². The molecule has 0 heterocycles. The Labute approximate surface area is 74.4 Å². The number of rotatable bonds is 3. The third-order valence-electron chi connectivity index (χ3n) is 2.20. The van der Waals surface area contributed by atoms with Gasteiger partial charge in [0.05, 0.1) is 7.11 Å². The molecule has 1 heteroatoms. The summed E-state index contributed by atoms with van der Waals surface area (Å²) in [6.45, 7) is 4.41. The Bertz CT molecular complexity index is 243. The highest BCUT2D eigenvalue weighted by Crippen LogP contribution is 2.21. The monoisotopic (exact) mass is 163 g/mol. The number of ether oxygens (including phenoxy) is 1. The SMILES string of the molecule is CCC(C)c1cc[c]c(OC)c1. The molecular formula is C11H15O. The van der Waals surface area contributed by atoms with E-state index < -0.39 is 0 Å². The van der Waals surface area contributed by atoms with Crippen molar-refractivity contribution in [3.8, 4) is 5.75 Å². The maximum absolute atomic E-state index is 5.09. The average molecular weight is 163 g/mol. The molecule has 65 valence electrons. The third-order valence-corrected chi connectivity index (χ3v) is 2.20. The van der Waals surface area contributed by atoms with Crippen LogP contribution in [-0.4, -0.2) is 7.11 Å². The molecule has 0 aliphatic rings. The smallest absolute Gasteiger partial charge is 0.127 e. The van der Waals surface area contributed by atoms with E-state index in [2.05, 4.69) is 26.0 Å². The van der Waals surface area contributed by atoms with E-state index in [4.69, 9.17) is 4.74 Å². The van der Waals surface area contributed by atoms with Crippen LogP contribution in [-0.2, 0) is 0 Å². The third kappa shape index (κ3) is 2.00. The zero-order valence-electron chi connectivity index (χ0n) is 7.92. The Morgan fingerprint density at radius 2 is 2.33 bits per heavy atom. The van der Waals surface area contributed by atoms with E-state index in [1.807, 2.05) is 12.1 Å². The second-order valence-electron chi connectivity index (χ2n) is 3.00. The molecular weight excluding hydrogens is 148 g/mol. The van der Waals surface area contributed by atoms with E-state index in [0.717, 1.165) is 12.2 Å². The lowest BCUT2D eigenvalue weighted by atomic mass is 9.99.